The molecule has 0 amide bonds. The van der Waals surface area contributed by atoms with E-state index in [4.69, 9.17) is 34.8 Å². The summed E-state index contributed by atoms with van der Waals surface area (Å²) in [7, 11) is 0. The summed E-state index contributed by atoms with van der Waals surface area (Å²) >= 11 is 17.5. The van der Waals surface area contributed by atoms with Gasteiger partial charge in [0.2, 0.25) is 0 Å². The van der Waals surface area contributed by atoms with Gasteiger partial charge in [0.25, 0.3) is 0 Å². The van der Waals surface area contributed by atoms with E-state index in [1.54, 1.807) is 24.3 Å². The topological polar surface area (TPSA) is 40.9 Å². The number of benzene rings is 2. The maximum Gasteiger partial charge on any atom is 0.184 e. The molecule has 2 aromatic carbocycles. The number of halogens is 3. The molecule has 2 rings (SSSR count). The number of rotatable bonds is 3. The van der Waals surface area contributed by atoms with E-state index in [1.807, 2.05) is 6.07 Å². The maximum atomic E-state index is 12.4. The smallest absolute Gasteiger partial charge is 0.184 e. The summed E-state index contributed by atoms with van der Waals surface area (Å²) in [6.07, 6.45) is 0. The first kappa shape index (κ1) is 14.9. The number of hydrogen-bond acceptors (Lipinski definition) is 2. The van der Waals surface area contributed by atoms with Crippen LogP contribution in [0.5, 0.6) is 0 Å². The Balaban J connectivity index is 2.39. The van der Waals surface area contributed by atoms with E-state index >= 15 is 0 Å². The van der Waals surface area contributed by atoms with Crippen molar-refractivity contribution in [3.8, 4) is 6.07 Å². The Labute approximate surface area is 131 Å². The third kappa shape index (κ3) is 3.32. The molecular formula is C15H8Cl3NO. The van der Waals surface area contributed by atoms with Crippen molar-refractivity contribution < 1.29 is 4.79 Å². The van der Waals surface area contributed by atoms with Gasteiger partial charge in [0, 0.05) is 20.6 Å². The van der Waals surface area contributed by atoms with Crippen molar-refractivity contribution in [2.24, 2.45) is 0 Å². The van der Waals surface area contributed by atoms with Gasteiger partial charge in [0.05, 0.1) is 6.07 Å². The van der Waals surface area contributed by atoms with Crippen molar-refractivity contribution in [3.05, 3.63) is 68.7 Å². The van der Waals surface area contributed by atoms with Gasteiger partial charge in [-0.1, -0.05) is 46.9 Å². The summed E-state index contributed by atoms with van der Waals surface area (Å²) in [6, 6.07) is 13.1. The first-order valence-corrected chi connectivity index (χ1v) is 6.80. The second kappa shape index (κ2) is 6.28. The SMILES string of the molecule is N#CC(C(=O)c1cc(Cl)cc(Cl)c1)c1ccc(Cl)cc1. The van der Waals surface area contributed by atoms with E-state index in [9.17, 15) is 10.1 Å². The lowest BCUT2D eigenvalue weighted by molar-refractivity contribution is 0.0979. The van der Waals surface area contributed by atoms with Gasteiger partial charge in [-0.25, -0.2) is 0 Å². The summed E-state index contributed by atoms with van der Waals surface area (Å²) in [6.45, 7) is 0. The molecule has 0 aliphatic heterocycles. The standard InChI is InChI=1S/C15H8Cl3NO/c16-11-3-1-9(2-4-11)14(8-19)15(20)10-5-12(17)7-13(18)6-10/h1-7,14H. The monoisotopic (exact) mass is 323 g/mol. The molecule has 0 aliphatic carbocycles. The predicted octanol–water partition coefficient (Wildman–Crippen LogP) is 5.14. The molecule has 20 heavy (non-hydrogen) atoms. The largest absolute Gasteiger partial charge is 0.292 e. The van der Waals surface area contributed by atoms with Gasteiger partial charge in [-0.05, 0) is 35.9 Å². The minimum atomic E-state index is -0.915. The van der Waals surface area contributed by atoms with Crippen LogP contribution in [0.3, 0.4) is 0 Å². The van der Waals surface area contributed by atoms with Gasteiger partial charge in [-0.3, -0.25) is 4.79 Å². The number of carbonyl (C=O) groups excluding carboxylic acids is 1. The Morgan fingerprint density at radius 1 is 0.950 bits per heavy atom. The molecule has 2 nitrogen and oxygen atoms in total. The van der Waals surface area contributed by atoms with Crippen LogP contribution in [-0.2, 0) is 0 Å². The van der Waals surface area contributed by atoms with Crippen LogP contribution in [-0.4, -0.2) is 5.78 Å². The van der Waals surface area contributed by atoms with E-state index < -0.39 is 5.92 Å². The third-order valence-corrected chi connectivity index (χ3v) is 3.43. The summed E-state index contributed by atoms with van der Waals surface area (Å²) in [5.74, 6) is -1.26. The van der Waals surface area contributed by atoms with E-state index in [2.05, 4.69) is 0 Å². The minimum absolute atomic E-state index is 0.309. The second-order valence-electron chi connectivity index (χ2n) is 4.14. The van der Waals surface area contributed by atoms with Crippen LogP contribution in [0.2, 0.25) is 15.1 Å². The summed E-state index contributed by atoms with van der Waals surface area (Å²) in [5.41, 5.74) is 0.891. The van der Waals surface area contributed by atoms with Gasteiger partial charge in [0.15, 0.2) is 5.78 Å². The van der Waals surface area contributed by atoms with Gasteiger partial charge in [-0.15, -0.1) is 0 Å². The van der Waals surface area contributed by atoms with Crippen LogP contribution in [0.1, 0.15) is 21.8 Å². The van der Waals surface area contributed by atoms with E-state index in [0.29, 0.717) is 26.2 Å². The molecule has 0 bridgehead atoms. The predicted molar refractivity (Wildman–Crippen MR) is 80.6 cm³/mol. The summed E-state index contributed by atoms with van der Waals surface area (Å²) in [4.78, 5) is 12.4. The normalized spacial score (nSPS) is 11.7. The van der Waals surface area contributed by atoms with E-state index in [0.717, 1.165) is 0 Å². The molecule has 0 fully saturated rings. The highest BCUT2D eigenvalue weighted by molar-refractivity contribution is 6.35. The minimum Gasteiger partial charge on any atom is -0.292 e. The molecule has 0 radical (unpaired) electrons. The molecule has 0 saturated carbocycles. The van der Waals surface area contributed by atoms with Crippen molar-refractivity contribution >= 4 is 40.6 Å². The molecule has 0 heterocycles. The lowest BCUT2D eigenvalue weighted by Gasteiger charge is -2.09. The zero-order chi connectivity index (χ0) is 14.7. The molecule has 0 aromatic heterocycles. The van der Waals surface area contributed by atoms with Crippen molar-refractivity contribution in [1.29, 1.82) is 5.26 Å². The first-order valence-electron chi connectivity index (χ1n) is 5.66. The number of carbonyl (C=O) groups is 1. The number of hydrogen-bond donors (Lipinski definition) is 0. The first-order chi connectivity index (χ1) is 9.51. The molecule has 2 aromatic rings. The second-order valence-corrected chi connectivity index (χ2v) is 5.45. The highest BCUT2D eigenvalue weighted by Crippen LogP contribution is 2.26. The molecule has 5 heteroatoms. The zero-order valence-corrected chi connectivity index (χ0v) is 12.4. The van der Waals surface area contributed by atoms with Gasteiger partial charge in [0.1, 0.15) is 5.92 Å². The Morgan fingerprint density at radius 3 is 2.00 bits per heavy atom. The van der Waals surface area contributed by atoms with Crippen LogP contribution < -0.4 is 0 Å². The summed E-state index contributed by atoms with van der Waals surface area (Å²) < 4.78 is 0. The lowest BCUT2D eigenvalue weighted by atomic mass is 9.92. The Hall–Kier alpha value is -1.53. The lowest BCUT2D eigenvalue weighted by Crippen LogP contribution is -2.11. The van der Waals surface area contributed by atoms with E-state index in [-0.39, 0.29) is 5.78 Å². The van der Waals surface area contributed by atoms with Gasteiger partial charge in [-0.2, -0.15) is 5.26 Å². The molecule has 1 unspecified atom stereocenters. The van der Waals surface area contributed by atoms with Crippen LogP contribution in [0.25, 0.3) is 0 Å². The van der Waals surface area contributed by atoms with Crippen LogP contribution in [0.4, 0.5) is 0 Å². The fourth-order valence-corrected chi connectivity index (χ4v) is 2.45. The van der Waals surface area contributed by atoms with Crippen molar-refractivity contribution in [2.75, 3.05) is 0 Å². The molecule has 100 valence electrons. The average Bonchev–Trinajstić information content (AvgIpc) is 2.40. The van der Waals surface area contributed by atoms with Crippen LogP contribution in [0.15, 0.2) is 42.5 Å². The Morgan fingerprint density at radius 2 is 1.50 bits per heavy atom. The van der Waals surface area contributed by atoms with Crippen LogP contribution in [0, 0.1) is 11.3 Å². The highest BCUT2D eigenvalue weighted by atomic mass is 35.5. The number of nitriles is 1. The Bertz CT molecular complexity index is 669. The fourth-order valence-electron chi connectivity index (χ4n) is 1.80. The molecular weight excluding hydrogens is 317 g/mol. The number of Topliss-reactive ketones (excluding diaryl/α,β-unsaturated/α-hetero) is 1. The number of nitrogens with zero attached hydrogens (tertiary/aromatic N) is 1. The van der Waals surface area contributed by atoms with E-state index in [1.165, 1.54) is 18.2 Å². The maximum absolute atomic E-state index is 12.4. The molecule has 0 spiro atoms. The van der Waals surface area contributed by atoms with Gasteiger partial charge < -0.3 is 0 Å². The molecule has 0 N–H and O–H groups in total. The zero-order valence-electron chi connectivity index (χ0n) is 10.1. The van der Waals surface area contributed by atoms with Crippen molar-refractivity contribution in [2.45, 2.75) is 5.92 Å². The third-order valence-electron chi connectivity index (χ3n) is 2.74. The van der Waals surface area contributed by atoms with Crippen molar-refractivity contribution in [1.82, 2.24) is 0 Å². The molecule has 0 saturated heterocycles. The molecule has 0 aliphatic rings. The van der Waals surface area contributed by atoms with Gasteiger partial charge >= 0.3 is 0 Å². The van der Waals surface area contributed by atoms with Crippen LogP contribution >= 0.6 is 34.8 Å². The highest BCUT2D eigenvalue weighted by Gasteiger charge is 2.22. The Kier molecular flexibility index (Phi) is 4.67. The van der Waals surface area contributed by atoms with Crippen molar-refractivity contribution in [3.63, 3.8) is 0 Å². The quantitative estimate of drug-likeness (QED) is 0.734. The molecule has 1 atom stereocenters. The number of ketones is 1. The average molecular weight is 325 g/mol. The fraction of sp³-hybridized carbons (Fsp3) is 0.0667. The summed E-state index contributed by atoms with van der Waals surface area (Å²) in [5, 5.41) is 10.5.